The monoisotopic (exact) mass is 227 g/mol. The molecule has 1 unspecified atom stereocenters. The molecule has 1 rings (SSSR count). The highest BCUT2D eigenvalue weighted by Crippen LogP contribution is 2.27. The van der Waals surface area contributed by atoms with Gasteiger partial charge in [-0.2, -0.15) is 0 Å². The summed E-state index contributed by atoms with van der Waals surface area (Å²) < 4.78 is 5.02. The van der Waals surface area contributed by atoms with Crippen LogP contribution in [0.1, 0.15) is 24.9 Å². The normalized spacial score (nSPS) is 12.3. The Bertz CT molecular complexity index is 366. The van der Waals surface area contributed by atoms with Crippen molar-refractivity contribution in [1.29, 1.82) is 0 Å². The van der Waals surface area contributed by atoms with Crippen molar-refractivity contribution in [2.24, 2.45) is 5.73 Å². The van der Waals surface area contributed by atoms with Gasteiger partial charge in [0, 0.05) is 12.5 Å². The minimum Gasteiger partial charge on any atom is -0.495 e. The second-order valence-electron chi connectivity index (χ2n) is 3.41. The van der Waals surface area contributed by atoms with Crippen LogP contribution in [0.4, 0.5) is 0 Å². The number of rotatable bonds is 4. The number of hydrogen-bond acceptors (Lipinski definition) is 3. The fourth-order valence-electron chi connectivity index (χ4n) is 1.34. The topological polar surface area (TPSA) is 52.3 Å². The van der Waals surface area contributed by atoms with Crippen molar-refractivity contribution < 1.29 is 9.53 Å². The van der Waals surface area contributed by atoms with Crippen LogP contribution in [0.2, 0.25) is 5.02 Å². The lowest BCUT2D eigenvalue weighted by molar-refractivity contribution is -0.117. The summed E-state index contributed by atoms with van der Waals surface area (Å²) in [7, 11) is 1.55. The number of carbonyl (C=O) groups excluding carboxylic acids is 1. The summed E-state index contributed by atoms with van der Waals surface area (Å²) in [6.07, 6.45) is 0.322. The van der Waals surface area contributed by atoms with E-state index in [-0.39, 0.29) is 11.8 Å². The van der Waals surface area contributed by atoms with Crippen molar-refractivity contribution in [3.05, 3.63) is 28.8 Å². The first-order valence-electron chi connectivity index (χ1n) is 4.63. The fourth-order valence-corrected chi connectivity index (χ4v) is 1.61. The molecule has 0 spiro atoms. The van der Waals surface area contributed by atoms with Crippen molar-refractivity contribution in [1.82, 2.24) is 0 Å². The SMILES string of the molecule is COc1ccc(C(N)CC(C)=O)cc1Cl. The zero-order chi connectivity index (χ0) is 11.4. The molecule has 2 N–H and O–H groups in total. The van der Waals surface area contributed by atoms with Gasteiger partial charge in [-0.25, -0.2) is 0 Å². The third kappa shape index (κ3) is 3.22. The van der Waals surface area contributed by atoms with E-state index in [1.165, 1.54) is 6.92 Å². The van der Waals surface area contributed by atoms with E-state index in [2.05, 4.69) is 0 Å². The van der Waals surface area contributed by atoms with E-state index in [1.54, 1.807) is 19.2 Å². The van der Waals surface area contributed by atoms with Crippen molar-refractivity contribution in [2.45, 2.75) is 19.4 Å². The van der Waals surface area contributed by atoms with Crippen LogP contribution in [0.25, 0.3) is 0 Å². The first-order valence-corrected chi connectivity index (χ1v) is 5.01. The Labute approximate surface area is 94.2 Å². The van der Waals surface area contributed by atoms with Gasteiger partial charge >= 0.3 is 0 Å². The molecular formula is C11H14ClNO2. The van der Waals surface area contributed by atoms with Crippen molar-refractivity contribution in [2.75, 3.05) is 7.11 Å². The molecular weight excluding hydrogens is 214 g/mol. The summed E-state index contributed by atoms with van der Waals surface area (Å²) in [6, 6.07) is 5.00. The summed E-state index contributed by atoms with van der Waals surface area (Å²) >= 11 is 5.94. The molecule has 0 amide bonds. The van der Waals surface area contributed by atoms with Crippen LogP contribution in [0.5, 0.6) is 5.75 Å². The average Bonchev–Trinajstić information content (AvgIpc) is 2.16. The maximum atomic E-state index is 10.9. The molecule has 0 bridgehead atoms. The fraction of sp³-hybridized carbons (Fsp3) is 0.364. The van der Waals surface area contributed by atoms with Gasteiger partial charge in [0.05, 0.1) is 12.1 Å². The molecule has 0 radical (unpaired) electrons. The maximum Gasteiger partial charge on any atom is 0.137 e. The largest absolute Gasteiger partial charge is 0.495 e. The Morgan fingerprint density at radius 2 is 2.27 bits per heavy atom. The summed E-state index contributed by atoms with van der Waals surface area (Å²) in [5.74, 6) is 0.671. The Morgan fingerprint density at radius 3 is 2.73 bits per heavy atom. The molecule has 4 heteroatoms. The molecule has 0 aliphatic carbocycles. The van der Waals surface area contributed by atoms with Gasteiger partial charge in [0.2, 0.25) is 0 Å². The highest BCUT2D eigenvalue weighted by atomic mass is 35.5. The summed E-state index contributed by atoms with van der Waals surface area (Å²) in [5.41, 5.74) is 6.68. The number of hydrogen-bond donors (Lipinski definition) is 1. The van der Waals surface area contributed by atoms with Crippen LogP contribution in [-0.4, -0.2) is 12.9 Å². The van der Waals surface area contributed by atoms with Crippen LogP contribution in [0.15, 0.2) is 18.2 Å². The number of Topliss-reactive ketones (excluding diaryl/α,β-unsaturated/α-hetero) is 1. The number of ether oxygens (including phenoxy) is 1. The van der Waals surface area contributed by atoms with Crippen molar-refractivity contribution in [3.63, 3.8) is 0 Å². The van der Waals surface area contributed by atoms with Crippen LogP contribution in [0, 0.1) is 0 Å². The zero-order valence-electron chi connectivity index (χ0n) is 8.79. The van der Waals surface area contributed by atoms with Crippen LogP contribution in [-0.2, 0) is 4.79 Å². The molecule has 0 aliphatic rings. The van der Waals surface area contributed by atoms with Gasteiger partial charge in [-0.15, -0.1) is 0 Å². The molecule has 3 nitrogen and oxygen atoms in total. The predicted octanol–water partition coefficient (Wildman–Crippen LogP) is 2.33. The lowest BCUT2D eigenvalue weighted by Crippen LogP contribution is -2.13. The highest BCUT2D eigenvalue weighted by molar-refractivity contribution is 6.32. The van der Waals surface area contributed by atoms with Crippen LogP contribution >= 0.6 is 11.6 Å². The minimum absolute atomic E-state index is 0.0643. The van der Waals surface area contributed by atoms with Crippen LogP contribution in [0.3, 0.4) is 0 Å². The third-order valence-corrected chi connectivity index (χ3v) is 2.41. The number of ketones is 1. The Morgan fingerprint density at radius 1 is 1.60 bits per heavy atom. The summed E-state index contributed by atoms with van der Waals surface area (Å²) in [6.45, 7) is 1.52. The Balaban J connectivity index is 2.87. The molecule has 0 aliphatic heterocycles. The van der Waals surface area contributed by atoms with E-state index in [0.29, 0.717) is 17.2 Å². The van der Waals surface area contributed by atoms with Gasteiger partial charge in [0.15, 0.2) is 0 Å². The maximum absolute atomic E-state index is 10.9. The summed E-state index contributed by atoms with van der Waals surface area (Å²) in [4.78, 5) is 10.9. The van der Waals surface area contributed by atoms with Crippen LogP contribution < -0.4 is 10.5 Å². The minimum atomic E-state index is -0.300. The zero-order valence-corrected chi connectivity index (χ0v) is 9.54. The molecule has 15 heavy (non-hydrogen) atoms. The van der Waals surface area contributed by atoms with Gasteiger partial charge in [-0.05, 0) is 24.6 Å². The van der Waals surface area contributed by atoms with E-state index < -0.39 is 0 Å². The van der Waals surface area contributed by atoms with E-state index in [9.17, 15) is 4.79 Å². The number of methoxy groups -OCH3 is 1. The average molecular weight is 228 g/mol. The van der Waals surface area contributed by atoms with Crippen molar-refractivity contribution >= 4 is 17.4 Å². The smallest absolute Gasteiger partial charge is 0.137 e. The lowest BCUT2D eigenvalue weighted by atomic mass is 10.0. The van der Waals surface area contributed by atoms with Gasteiger partial charge in [-0.1, -0.05) is 17.7 Å². The molecule has 0 aromatic heterocycles. The quantitative estimate of drug-likeness (QED) is 0.859. The lowest BCUT2D eigenvalue weighted by Gasteiger charge is -2.11. The molecule has 1 atom stereocenters. The summed E-state index contributed by atoms with van der Waals surface area (Å²) in [5, 5.41) is 0.508. The molecule has 1 aromatic rings. The number of nitrogens with two attached hydrogens (primary N) is 1. The second kappa shape index (κ2) is 5.14. The first-order chi connectivity index (χ1) is 7.04. The Hall–Kier alpha value is -1.06. The predicted molar refractivity (Wildman–Crippen MR) is 60.2 cm³/mol. The standard InChI is InChI=1S/C11H14ClNO2/c1-7(14)5-10(13)8-3-4-11(15-2)9(12)6-8/h3-4,6,10H,5,13H2,1-2H3. The number of carbonyl (C=O) groups is 1. The third-order valence-electron chi connectivity index (χ3n) is 2.11. The van der Waals surface area contributed by atoms with Gasteiger partial charge in [-0.3, -0.25) is 4.79 Å². The molecule has 1 aromatic carbocycles. The second-order valence-corrected chi connectivity index (χ2v) is 3.81. The van der Waals surface area contributed by atoms with E-state index >= 15 is 0 Å². The first kappa shape index (κ1) is 12.0. The van der Waals surface area contributed by atoms with Gasteiger partial charge in [0.25, 0.3) is 0 Å². The number of benzene rings is 1. The molecule has 0 heterocycles. The van der Waals surface area contributed by atoms with E-state index in [0.717, 1.165) is 5.56 Å². The van der Waals surface area contributed by atoms with E-state index in [4.69, 9.17) is 22.1 Å². The van der Waals surface area contributed by atoms with Gasteiger partial charge < -0.3 is 10.5 Å². The van der Waals surface area contributed by atoms with Crippen molar-refractivity contribution in [3.8, 4) is 5.75 Å². The van der Waals surface area contributed by atoms with Gasteiger partial charge in [0.1, 0.15) is 11.5 Å². The highest BCUT2D eigenvalue weighted by Gasteiger charge is 2.10. The number of halogens is 1. The van der Waals surface area contributed by atoms with E-state index in [1.807, 2.05) is 6.07 Å². The molecule has 0 saturated carbocycles. The molecule has 0 fully saturated rings. The Kier molecular flexibility index (Phi) is 4.12. The molecule has 82 valence electrons. The molecule has 0 saturated heterocycles.